The monoisotopic (exact) mass is 190 g/mol. The average molecular weight is 190 g/mol. The number of carbonyl (C=O) groups excluding carboxylic acids is 1. The summed E-state index contributed by atoms with van der Waals surface area (Å²) < 4.78 is 0. The van der Waals surface area contributed by atoms with Crippen LogP contribution in [0, 0.1) is 0 Å². The minimum Gasteiger partial charge on any atom is -0.399 e. The SMILES string of the molecule is CC1(C)Cc2ccc(N)cc2C(=O)N1. The van der Waals surface area contributed by atoms with Crippen LogP contribution in [0.5, 0.6) is 0 Å². The molecule has 0 bridgehead atoms. The van der Waals surface area contributed by atoms with Gasteiger partial charge >= 0.3 is 0 Å². The Hall–Kier alpha value is -1.51. The lowest BCUT2D eigenvalue weighted by Gasteiger charge is -2.32. The van der Waals surface area contributed by atoms with Crippen molar-refractivity contribution >= 4 is 11.6 Å². The standard InChI is InChI=1S/C11H14N2O/c1-11(2)6-7-3-4-8(12)5-9(7)10(14)13-11/h3-5H,6,12H2,1-2H3,(H,13,14). The average Bonchev–Trinajstić information content (AvgIpc) is 2.05. The highest BCUT2D eigenvalue weighted by molar-refractivity contribution is 5.98. The largest absolute Gasteiger partial charge is 0.399 e. The van der Waals surface area contributed by atoms with Crippen molar-refractivity contribution in [2.24, 2.45) is 0 Å². The summed E-state index contributed by atoms with van der Waals surface area (Å²) in [5.41, 5.74) is 7.91. The molecule has 0 saturated carbocycles. The summed E-state index contributed by atoms with van der Waals surface area (Å²) in [5.74, 6) is -0.0245. The summed E-state index contributed by atoms with van der Waals surface area (Å²) >= 11 is 0. The maximum atomic E-state index is 11.7. The molecule has 0 aromatic heterocycles. The van der Waals surface area contributed by atoms with E-state index in [1.165, 1.54) is 0 Å². The fourth-order valence-electron chi connectivity index (χ4n) is 1.85. The third-order valence-corrected chi connectivity index (χ3v) is 2.46. The van der Waals surface area contributed by atoms with Crippen LogP contribution in [0.1, 0.15) is 29.8 Å². The lowest BCUT2D eigenvalue weighted by Crippen LogP contribution is -2.49. The third kappa shape index (κ3) is 1.45. The van der Waals surface area contributed by atoms with E-state index in [1.807, 2.05) is 26.0 Å². The molecule has 0 spiro atoms. The van der Waals surface area contributed by atoms with Gasteiger partial charge < -0.3 is 11.1 Å². The smallest absolute Gasteiger partial charge is 0.252 e. The minimum absolute atomic E-state index is 0.0245. The first-order valence-electron chi connectivity index (χ1n) is 4.69. The summed E-state index contributed by atoms with van der Waals surface area (Å²) in [5, 5.41) is 2.94. The van der Waals surface area contributed by atoms with Gasteiger partial charge in [0, 0.05) is 16.8 Å². The van der Waals surface area contributed by atoms with Crippen molar-refractivity contribution in [3.63, 3.8) is 0 Å². The van der Waals surface area contributed by atoms with Crippen LogP contribution in [0.4, 0.5) is 5.69 Å². The first-order chi connectivity index (χ1) is 6.48. The van der Waals surface area contributed by atoms with E-state index in [1.54, 1.807) is 6.07 Å². The van der Waals surface area contributed by atoms with E-state index < -0.39 is 0 Å². The first-order valence-corrected chi connectivity index (χ1v) is 4.69. The number of fused-ring (bicyclic) bond motifs is 1. The Labute approximate surface area is 83.3 Å². The molecule has 74 valence electrons. The number of nitrogens with two attached hydrogens (primary N) is 1. The topological polar surface area (TPSA) is 55.1 Å². The maximum Gasteiger partial charge on any atom is 0.252 e. The normalized spacial score (nSPS) is 18.6. The molecule has 0 aliphatic carbocycles. The third-order valence-electron chi connectivity index (χ3n) is 2.46. The molecule has 3 nitrogen and oxygen atoms in total. The lowest BCUT2D eigenvalue weighted by molar-refractivity contribution is 0.0897. The van der Waals surface area contributed by atoms with Crippen molar-refractivity contribution < 1.29 is 4.79 Å². The molecule has 1 aliphatic heterocycles. The van der Waals surface area contributed by atoms with Gasteiger partial charge in [-0.2, -0.15) is 0 Å². The molecule has 0 unspecified atom stereocenters. The van der Waals surface area contributed by atoms with Crippen LogP contribution in [0.15, 0.2) is 18.2 Å². The van der Waals surface area contributed by atoms with Gasteiger partial charge in [-0.15, -0.1) is 0 Å². The van der Waals surface area contributed by atoms with Crippen LogP contribution in [-0.4, -0.2) is 11.4 Å². The lowest BCUT2D eigenvalue weighted by atomic mass is 9.87. The Balaban J connectivity index is 2.50. The number of rotatable bonds is 0. The second-order valence-electron chi connectivity index (χ2n) is 4.43. The quantitative estimate of drug-likeness (QED) is 0.606. The number of carbonyl (C=O) groups is 1. The summed E-state index contributed by atoms with van der Waals surface area (Å²) in [6.45, 7) is 4.04. The van der Waals surface area contributed by atoms with Gasteiger partial charge in [-0.25, -0.2) is 0 Å². The van der Waals surface area contributed by atoms with E-state index in [4.69, 9.17) is 5.73 Å². The van der Waals surface area contributed by atoms with Gasteiger partial charge in [-0.05, 0) is 38.0 Å². The molecular weight excluding hydrogens is 176 g/mol. The summed E-state index contributed by atoms with van der Waals surface area (Å²) in [7, 11) is 0. The second-order valence-corrected chi connectivity index (χ2v) is 4.43. The van der Waals surface area contributed by atoms with Crippen LogP contribution in [0.25, 0.3) is 0 Å². The molecule has 1 heterocycles. The van der Waals surface area contributed by atoms with Crippen molar-refractivity contribution in [1.29, 1.82) is 0 Å². The number of anilines is 1. The van der Waals surface area contributed by atoms with Crippen molar-refractivity contribution in [3.05, 3.63) is 29.3 Å². The zero-order valence-corrected chi connectivity index (χ0v) is 8.42. The van der Waals surface area contributed by atoms with Crippen molar-refractivity contribution in [2.75, 3.05) is 5.73 Å². The van der Waals surface area contributed by atoms with Gasteiger partial charge in [-0.1, -0.05) is 6.07 Å². The predicted octanol–water partition coefficient (Wildman–Crippen LogP) is 1.33. The Morgan fingerprint density at radius 3 is 2.86 bits per heavy atom. The molecule has 3 heteroatoms. The zero-order chi connectivity index (χ0) is 10.3. The first kappa shape index (κ1) is 9.06. The zero-order valence-electron chi connectivity index (χ0n) is 8.42. The van der Waals surface area contributed by atoms with Gasteiger partial charge in [-0.3, -0.25) is 4.79 Å². The van der Waals surface area contributed by atoms with Crippen molar-refractivity contribution in [3.8, 4) is 0 Å². The van der Waals surface area contributed by atoms with Crippen LogP contribution >= 0.6 is 0 Å². The summed E-state index contributed by atoms with van der Waals surface area (Å²) in [6.07, 6.45) is 0.856. The van der Waals surface area contributed by atoms with Crippen LogP contribution < -0.4 is 11.1 Å². The fourth-order valence-corrected chi connectivity index (χ4v) is 1.85. The van der Waals surface area contributed by atoms with Gasteiger partial charge in [0.2, 0.25) is 0 Å². The van der Waals surface area contributed by atoms with Gasteiger partial charge in [0.15, 0.2) is 0 Å². The molecule has 1 aromatic carbocycles. The predicted molar refractivity (Wildman–Crippen MR) is 56.1 cm³/mol. The fraction of sp³-hybridized carbons (Fsp3) is 0.364. The van der Waals surface area contributed by atoms with Crippen LogP contribution in [-0.2, 0) is 6.42 Å². The molecule has 0 fully saturated rings. The van der Waals surface area contributed by atoms with Crippen molar-refractivity contribution in [1.82, 2.24) is 5.32 Å². The van der Waals surface area contributed by atoms with E-state index in [0.717, 1.165) is 12.0 Å². The van der Waals surface area contributed by atoms with E-state index in [9.17, 15) is 4.79 Å². The number of hydrogen-bond donors (Lipinski definition) is 2. The highest BCUT2D eigenvalue weighted by Crippen LogP contribution is 2.24. The molecule has 0 atom stereocenters. The Morgan fingerprint density at radius 2 is 2.14 bits per heavy atom. The second kappa shape index (κ2) is 2.74. The van der Waals surface area contributed by atoms with Crippen LogP contribution in [0.3, 0.4) is 0 Å². The molecule has 1 aliphatic rings. The molecule has 1 amide bonds. The van der Waals surface area contributed by atoms with E-state index >= 15 is 0 Å². The molecule has 1 aromatic rings. The van der Waals surface area contributed by atoms with Gasteiger partial charge in [0.05, 0.1) is 0 Å². The van der Waals surface area contributed by atoms with E-state index in [0.29, 0.717) is 11.3 Å². The van der Waals surface area contributed by atoms with E-state index in [2.05, 4.69) is 5.32 Å². The summed E-state index contributed by atoms with van der Waals surface area (Å²) in [6, 6.07) is 5.51. The van der Waals surface area contributed by atoms with Crippen LogP contribution in [0.2, 0.25) is 0 Å². The molecule has 2 rings (SSSR count). The van der Waals surface area contributed by atoms with Gasteiger partial charge in [0.1, 0.15) is 0 Å². The van der Waals surface area contributed by atoms with E-state index in [-0.39, 0.29) is 11.4 Å². The minimum atomic E-state index is -0.153. The molecular formula is C11H14N2O. The highest BCUT2D eigenvalue weighted by Gasteiger charge is 2.29. The number of amides is 1. The molecule has 0 saturated heterocycles. The number of benzene rings is 1. The molecule has 0 radical (unpaired) electrons. The number of hydrogen-bond acceptors (Lipinski definition) is 2. The molecule has 14 heavy (non-hydrogen) atoms. The summed E-state index contributed by atoms with van der Waals surface area (Å²) in [4.78, 5) is 11.7. The number of nitrogen functional groups attached to an aromatic ring is 1. The van der Waals surface area contributed by atoms with Crippen molar-refractivity contribution in [2.45, 2.75) is 25.8 Å². The Kier molecular flexibility index (Phi) is 1.77. The Bertz CT molecular complexity index is 396. The molecule has 3 N–H and O–H groups in total. The Morgan fingerprint density at radius 1 is 1.43 bits per heavy atom. The highest BCUT2D eigenvalue weighted by atomic mass is 16.1. The maximum absolute atomic E-state index is 11.7. The number of nitrogens with one attached hydrogen (secondary N) is 1. The van der Waals surface area contributed by atoms with Gasteiger partial charge in [0.25, 0.3) is 5.91 Å².